The van der Waals surface area contributed by atoms with E-state index in [1.807, 2.05) is 32.9 Å². The van der Waals surface area contributed by atoms with Crippen molar-refractivity contribution in [3.8, 4) is 5.75 Å². The molecule has 0 radical (unpaired) electrons. The van der Waals surface area contributed by atoms with Gasteiger partial charge in [-0.1, -0.05) is 12.1 Å². The van der Waals surface area contributed by atoms with Gasteiger partial charge in [-0.15, -0.1) is 0 Å². The molecule has 1 aliphatic rings. The van der Waals surface area contributed by atoms with Crippen LogP contribution in [0.4, 0.5) is 0 Å². The Morgan fingerprint density at radius 1 is 1.03 bits per heavy atom. The van der Waals surface area contributed by atoms with Crippen molar-refractivity contribution < 1.29 is 28.2 Å². The number of morpholine rings is 1. The molecule has 0 aliphatic carbocycles. The van der Waals surface area contributed by atoms with Gasteiger partial charge in [-0.2, -0.15) is 0 Å². The third kappa shape index (κ3) is 5.63. The van der Waals surface area contributed by atoms with E-state index in [2.05, 4.69) is 0 Å². The summed E-state index contributed by atoms with van der Waals surface area (Å²) in [5.74, 6) is -0.230. The van der Waals surface area contributed by atoms with Gasteiger partial charge in [-0.25, -0.2) is 9.59 Å². The second-order valence-corrected chi connectivity index (χ2v) is 8.52. The molecule has 0 unspecified atom stereocenters. The maximum absolute atomic E-state index is 12.4. The lowest BCUT2D eigenvalue weighted by Crippen LogP contribution is -2.49. The molecular weight excluding hydrogens is 438 g/mol. The lowest BCUT2D eigenvalue weighted by molar-refractivity contribution is -0.146. The molecule has 34 heavy (non-hydrogen) atoms. The fourth-order valence-corrected chi connectivity index (χ4v) is 3.98. The fourth-order valence-electron chi connectivity index (χ4n) is 3.98. The number of fused-ring (bicyclic) bond motifs is 1. The van der Waals surface area contributed by atoms with Crippen molar-refractivity contribution in [2.24, 2.45) is 0 Å². The van der Waals surface area contributed by atoms with E-state index >= 15 is 0 Å². The molecule has 8 nitrogen and oxygen atoms in total. The number of amides is 1. The predicted octanol–water partition coefficient (Wildman–Crippen LogP) is 3.47. The molecule has 1 saturated heterocycles. The molecule has 0 spiro atoms. The predicted molar refractivity (Wildman–Crippen MR) is 125 cm³/mol. The van der Waals surface area contributed by atoms with E-state index in [-0.39, 0.29) is 31.3 Å². The van der Waals surface area contributed by atoms with Gasteiger partial charge in [0.05, 0.1) is 17.8 Å². The molecule has 1 aliphatic heterocycles. The lowest BCUT2D eigenvalue weighted by Gasteiger charge is -2.35. The molecular formula is C26H27NO7. The first kappa shape index (κ1) is 23.5. The van der Waals surface area contributed by atoms with Gasteiger partial charge in [0.2, 0.25) is 0 Å². The van der Waals surface area contributed by atoms with Crippen LogP contribution in [0.5, 0.6) is 5.75 Å². The lowest BCUT2D eigenvalue weighted by atomic mass is 10.1. The van der Waals surface area contributed by atoms with E-state index in [4.69, 9.17) is 18.6 Å². The molecule has 178 valence electrons. The van der Waals surface area contributed by atoms with Crippen LogP contribution in [0, 0.1) is 6.92 Å². The monoisotopic (exact) mass is 465 g/mol. The third-order valence-electron chi connectivity index (χ3n) is 5.62. The molecule has 1 fully saturated rings. The van der Waals surface area contributed by atoms with Gasteiger partial charge in [0.25, 0.3) is 5.91 Å². The third-order valence-corrected chi connectivity index (χ3v) is 5.62. The summed E-state index contributed by atoms with van der Waals surface area (Å²) in [5, 5.41) is 0.853. The molecule has 2 heterocycles. The summed E-state index contributed by atoms with van der Waals surface area (Å²) < 4.78 is 21.9. The Kier molecular flexibility index (Phi) is 6.98. The zero-order valence-corrected chi connectivity index (χ0v) is 19.4. The van der Waals surface area contributed by atoms with Gasteiger partial charge in [-0.3, -0.25) is 4.79 Å². The van der Waals surface area contributed by atoms with Gasteiger partial charge in [-0.05, 0) is 56.2 Å². The number of benzene rings is 2. The van der Waals surface area contributed by atoms with E-state index in [9.17, 15) is 14.4 Å². The van der Waals surface area contributed by atoms with Gasteiger partial charge in [0.15, 0.2) is 6.61 Å². The maximum atomic E-state index is 12.4. The number of hydrogen-bond acceptors (Lipinski definition) is 7. The van der Waals surface area contributed by atoms with Crippen LogP contribution in [-0.2, 0) is 20.9 Å². The Balaban J connectivity index is 1.30. The largest absolute Gasteiger partial charge is 0.489 e. The zero-order valence-electron chi connectivity index (χ0n) is 19.4. The van der Waals surface area contributed by atoms with Gasteiger partial charge >= 0.3 is 11.6 Å². The van der Waals surface area contributed by atoms with E-state index in [1.165, 1.54) is 6.07 Å². The first-order chi connectivity index (χ1) is 16.3. The highest BCUT2D eigenvalue weighted by molar-refractivity contribution is 5.91. The Hall–Kier alpha value is -3.65. The van der Waals surface area contributed by atoms with Crippen LogP contribution in [0.2, 0.25) is 0 Å². The summed E-state index contributed by atoms with van der Waals surface area (Å²) in [6, 6.07) is 13.6. The van der Waals surface area contributed by atoms with Gasteiger partial charge < -0.3 is 23.5 Å². The number of carbonyl (C=O) groups is 2. The molecule has 0 N–H and O–H groups in total. The summed E-state index contributed by atoms with van der Waals surface area (Å²) in [6.45, 7) is 6.60. The maximum Gasteiger partial charge on any atom is 0.338 e. The van der Waals surface area contributed by atoms with Crippen molar-refractivity contribution in [1.29, 1.82) is 0 Å². The number of ether oxygens (including phenoxy) is 3. The van der Waals surface area contributed by atoms with Crippen LogP contribution in [0.15, 0.2) is 57.7 Å². The van der Waals surface area contributed by atoms with Crippen molar-refractivity contribution in [2.75, 3.05) is 19.7 Å². The second-order valence-electron chi connectivity index (χ2n) is 8.52. The van der Waals surface area contributed by atoms with Crippen LogP contribution < -0.4 is 10.4 Å². The first-order valence-electron chi connectivity index (χ1n) is 11.1. The van der Waals surface area contributed by atoms with Gasteiger partial charge in [0.1, 0.15) is 17.9 Å². The minimum Gasteiger partial charge on any atom is -0.489 e. The van der Waals surface area contributed by atoms with Crippen molar-refractivity contribution in [3.63, 3.8) is 0 Å². The molecule has 2 aromatic carbocycles. The minimum atomic E-state index is -0.560. The topological polar surface area (TPSA) is 95.3 Å². The smallest absolute Gasteiger partial charge is 0.338 e. The van der Waals surface area contributed by atoms with E-state index < -0.39 is 11.6 Å². The standard InChI is InChI=1S/C26H27NO7/c1-16-10-25(29)34-23-11-21(8-9-22(16)23)31-14-19-4-6-20(7-5-19)26(30)32-15-24(28)27-12-17(2)33-18(3)13-27/h4-11,17-18H,12-15H2,1-3H3/t17-,18-/m1/s1. The van der Waals surface area contributed by atoms with Crippen LogP contribution in [0.3, 0.4) is 0 Å². The second kappa shape index (κ2) is 10.1. The summed E-state index contributed by atoms with van der Waals surface area (Å²) in [6.07, 6.45) is -0.0918. The van der Waals surface area contributed by atoms with E-state index in [1.54, 1.807) is 35.2 Å². The minimum absolute atomic E-state index is 0.0459. The first-order valence-corrected chi connectivity index (χ1v) is 11.1. The number of nitrogens with zero attached hydrogens (tertiary/aromatic N) is 1. The van der Waals surface area contributed by atoms with Crippen molar-refractivity contribution in [3.05, 3.63) is 75.6 Å². The molecule has 0 saturated carbocycles. The number of rotatable bonds is 6. The van der Waals surface area contributed by atoms with Crippen LogP contribution >= 0.6 is 0 Å². The highest BCUT2D eigenvalue weighted by Crippen LogP contribution is 2.23. The van der Waals surface area contributed by atoms with Crippen molar-refractivity contribution >= 4 is 22.8 Å². The van der Waals surface area contributed by atoms with Crippen molar-refractivity contribution in [1.82, 2.24) is 4.90 Å². The summed E-state index contributed by atoms with van der Waals surface area (Å²) in [4.78, 5) is 38.0. The van der Waals surface area contributed by atoms with Crippen molar-refractivity contribution in [2.45, 2.75) is 39.6 Å². The number of hydrogen-bond donors (Lipinski definition) is 0. The average Bonchev–Trinajstić information content (AvgIpc) is 2.80. The Bertz CT molecular complexity index is 1240. The normalized spacial score (nSPS) is 18.0. The van der Waals surface area contributed by atoms with Gasteiger partial charge in [0, 0.05) is 30.6 Å². The number of carbonyl (C=O) groups excluding carboxylic acids is 2. The summed E-state index contributed by atoms with van der Waals surface area (Å²) in [7, 11) is 0. The molecule has 2 atom stereocenters. The molecule has 0 bridgehead atoms. The number of aryl methyl sites for hydroxylation is 1. The highest BCUT2D eigenvalue weighted by atomic mass is 16.5. The SMILES string of the molecule is Cc1cc(=O)oc2cc(OCc3ccc(C(=O)OCC(=O)N4C[C@@H](C)O[C@H](C)C4)cc3)ccc12. The molecule has 4 rings (SSSR count). The Labute approximate surface area is 197 Å². The Morgan fingerprint density at radius 2 is 1.74 bits per heavy atom. The van der Waals surface area contributed by atoms with Crippen LogP contribution in [0.25, 0.3) is 11.0 Å². The summed E-state index contributed by atoms with van der Waals surface area (Å²) in [5.41, 5.74) is 2.10. The van der Waals surface area contributed by atoms with Crippen LogP contribution in [-0.4, -0.2) is 48.7 Å². The highest BCUT2D eigenvalue weighted by Gasteiger charge is 2.26. The average molecular weight is 466 g/mol. The van der Waals surface area contributed by atoms with Crippen LogP contribution in [0.1, 0.15) is 35.3 Å². The molecule has 3 aromatic rings. The quantitative estimate of drug-likeness (QED) is 0.406. The fraction of sp³-hybridized carbons (Fsp3) is 0.346. The zero-order chi connectivity index (χ0) is 24.2. The molecule has 8 heteroatoms. The van der Waals surface area contributed by atoms with E-state index in [0.29, 0.717) is 30.0 Å². The summed E-state index contributed by atoms with van der Waals surface area (Å²) >= 11 is 0. The molecule has 1 amide bonds. The van der Waals surface area contributed by atoms with E-state index in [0.717, 1.165) is 16.5 Å². The Morgan fingerprint density at radius 3 is 2.44 bits per heavy atom. The number of esters is 1. The molecule has 1 aromatic heterocycles.